The number of thiocarbonyl (C=S) groups is 1. The molecule has 5 rings (SSSR count). The van der Waals surface area contributed by atoms with Crippen LogP contribution in [0.15, 0.2) is 79.1 Å². The molecule has 0 bridgehead atoms. The van der Waals surface area contributed by atoms with Crippen molar-refractivity contribution in [3.63, 3.8) is 0 Å². The van der Waals surface area contributed by atoms with Crippen molar-refractivity contribution in [3.05, 3.63) is 89.7 Å². The third-order valence-corrected chi connectivity index (χ3v) is 6.20. The Kier molecular flexibility index (Phi) is 6.55. The maximum absolute atomic E-state index is 12.3. The van der Waals surface area contributed by atoms with E-state index in [-0.39, 0.29) is 11.8 Å². The van der Waals surface area contributed by atoms with Crippen LogP contribution in [-0.4, -0.2) is 32.3 Å². The largest absolute Gasteiger partial charge is 0.573 e. The van der Waals surface area contributed by atoms with Gasteiger partial charge in [-0.2, -0.15) is 0 Å². The highest BCUT2D eigenvalue weighted by Gasteiger charge is 2.39. The number of nitrogens with zero attached hydrogens (tertiary/aromatic N) is 3. The zero-order valence-corrected chi connectivity index (χ0v) is 20.1. The van der Waals surface area contributed by atoms with Gasteiger partial charge in [0.15, 0.2) is 10.9 Å². The Bertz CT molecular complexity index is 1380. The maximum Gasteiger partial charge on any atom is 0.573 e. The van der Waals surface area contributed by atoms with Gasteiger partial charge in [-0.1, -0.05) is 48.0 Å². The lowest BCUT2D eigenvalue weighted by atomic mass is 10.1. The molecule has 0 radical (unpaired) electrons. The van der Waals surface area contributed by atoms with Crippen LogP contribution in [0.2, 0.25) is 5.02 Å². The minimum absolute atomic E-state index is 0.236. The van der Waals surface area contributed by atoms with E-state index in [0.29, 0.717) is 27.6 Å². The molecule has 2 atom stereocenters. The summed E-state index contributed by atoms with van der Waals surface area (Å²) in [5.41, 5.74) is 3.33. The van der Waals surface area contributed by atoms with Gasteiger partial charge in [0.1, 0.15) is 12.1 Å². The highest BCUT2D eigenvalue weighted by atomic mass is 35.5. The molecule has 6 nitrogen and oxygen atoms in total. The van der Waals surface area contributed by atoms with Crippen LogP contribution in [0.4, 0.5) is 18.9 Å². The van der Waals surface area contributed by atoms with Crippen LogP contribution in [0.25, 0.3) is 17.1 Å². The highest BCUT2D eigenvalue weighted by Crippen LogP contribution is 2.41. The standard InChI is InChI=1S/C25H19ClF3N5OS/c26-20-3-1-2-4-21(20)31-24(36)32-22-13-19(22)15-5-7-16(8-6-15)23-30-14-34(33-23)17-9-11-18(12-10-17)35-25(27,28)29/h1-12,14,19,22H,13H2,(H2,31,32,36). The summed E-state index contributed by atoms with van der Waals surface area (Å²) in [6.07, 6.45) is -2.26. The molecule has 1 saturated carbocycles. The fraction of sp³-hybridized carbons (Fsp3) is 0.160. The number of halogens is 4. The zero-order chi connectivity index (χ0) is 25.3. The predicted octanol–water partition coefficient (Wildman–Crippen LogP) is 6.33. The average molecular weight is 530 g/mol. The lowest BCUT2D eigenvalue weighted by molar-refractivity contribution is -0.274. The van der Waals surface area contributed by atoms with Gasteiger partial charge in [-0.25, -0.2) is 9.67 Å². The highest BCUT2D eigenvalue weighted by molar-refractivity contribution is 7.80. The van der Waals surface area contributed by atoms with Crippen LogP contribution in [-0.2, 0) is 0 Å². The first-order valence-corrected chi connectivity index (χ1v) is 11.7. The van der Waals surface area contributed by atoms with E-state index in [0.717, 1.165) is 17.7 Å². The number of aromatic nitrogens is 3. The van der Waals surface area contributed by atoms with Gasteiger partial charge in [0.05, 0.1) is 16.4 Å². The van der Waals surface area contributed by atoms with Crippen molar-refractivity contribution in [2.75, 3.05) is 5.32 Å². The minimum Gasteiger partial charge on any atom is -0.406 e. The number of ether oxygens (including phenoxy) is 1. The fourth-order valence-corrected chi connectivity index (χ4v) is 4.26. The molecule has 2 N–H and O–H groups in total. The second kappa shape index (κ2) is 9.79. The van der Waals surface area contributed by atoms with Gasteiger partial charge in [0, 0.05) is 17.5 Å². The normalized spacial score (nSPS) is 16.9. The number of alkyl halides is 3. The summed E-state index contributed by atoms with van der Waals surface area (Å²) in [7, 11) is 0. The van der Waals surface area contributed by atoms with Gasteiger partial charge < -0.3 is 15.4 Å². The first-order chi connectivity index (χ1) is 17.2. The summed E-state index contributed by atoms with van der Waals surface area (Å²) >= 11 is 11.6. The molecule has 0 amide bonds. The summed E-state index contributed by atoms with van der Waals surface area (Å²) in [5, 5.41) is 12.0. The van der Waals surface area contributed by atoms with Crippen LogP contribution in [0.3, 0.4) is 0 Å². The number of benzene rings is 3. The van der Waals surface area contributed by atoms with Crippen LogP contribution >= 0.6 is 23.8 Å². The monoisotopic (exact) mass is 529 g/mol. The van der Waals surface area contributed by atoms with E-state index in [4.69, 9.17) is 23.8 Å². The summed E-state index contributed by atoms with van der Waals surface area (Å²) in [6.45, 7) is 0. The van der Waals surface area contributed by atoms with Crippen molar-refractivity contribution >= 4 is 34.6 Å². The Morgan fingerprint density at radius 3 is 2.44 bits per heavy atom. The van der Waals surface area contributed by atoms with Crippen molar-refractivity contribution in [2.45, 2.75) is 24.7 Å². The second-order valence-electron chi connectivity index (χ2n) is 8.20. The van der Waals surface area contributed by atoms with E-state index in [2.05, 4.69) is 25.5 Å². The van der Waals surface area contributed by atoms with Gasteiger partial charge in [-0.15, -0.1) is 18.3 Å². The summed E-state index contributed by atoms with van der Waals surface area (Å²) in [5.74, 6) is 0.552. The smallest absolute Gasteiger partial charge is 0.406 e. The first kappa shape index (κ1) is 24.1. The Morgan fingerprint density at radius 1 is 1.03 bits per heavy atom. The number of hydrogen-bond donors (Lipinski definition) is 2. The van der Waals surface area contributed by atoms with E-state index >= 15 is 0 Å². The van der Waals surface area contributed by atoms with Gasteiger partial charge in [-0.3, -0.25) is 0 Å². The SMILES string of the molecule is FC(F)(F)Oc1ccc(-n2cnc(-c3ccc(C4CC4NC(=S)Nc4ccccc4Cl)cc3)n2)cc1. The number of para-hydroxylation sites is 1. The lowest BCUT2D eigenvalue weighted by Gasteiger charge is -2.11. The summed E-state index contributed by atoms with van der Waals surface area (Å²) in [4.78, 5) is 4.33. The molecule has 0 saturated heterocycles. The molecule has 1 aromatic heterocycles. The van der Waals surface area contributed by atoms with Gasteiger partial charge in [0.25, 0.3) is 0 Å². The molecule has 1 aliphatic rings. The Hall–Kier alpha value is -3.63. The molecule has 1 heterocycles. The van der Waals surface area contributed by atoms with Gasteiger partial charge >= 0.3 is 6.36 Å². The lowest BCUT2D eigenvalue weighted by Crippen LogP contribution is -2.31. The van der Waals surface area contributed by atoms with Crippen molar-refractivity contribution < 1.29 is 17.9 Å². The molecule has 1 aliphatic carbocycles. The van der Waals surface area contributed by atoms with Crippen molar-refractivity contribution in [3.8, 4) is 22.8 Å². The van der Waals surface area contributed by atoms with E-state index in [1.807, 2.05) is 42.5 Å². The molecule has 1 fully saturated rings. The topological polar surface area (TPSA) is 64.0 Å². The van der Waals surface area contributed by atoms with Crippen molar-refractivity contribution in [2.24, 2.45) is 0 Å². The van der Waals surface area contributed by atoms with Crippen LogP contribution < -0.4 is 15.4 Å². The number of nitrogens with one attached hydrogen (secondary N) is 2. The van der Waals surface area contributed by atoms with E-state index < -0.39 is 6.36 Å². The molecule has 184 valence electrons. The number of rotatable bonds is 6. The molecule has 11 heteroatoms. The minimum atomic E-state index is -4.73. The average Bonchev–Trinajstić information content (AvgIpc) is 3.42. The fourth-order valence-electron chi connectivity index (χ4n) is 3.81. The predicted molar refractivity (Wildman–Crippen MR) is 135 cm³/mol. The number of anilines is 1. The summed E-state index contributed by atoms with van der Waals surface area (Å²) in [6, 6.07) is 21.0. The second-order valence-corrected chi connectivity index (χ2v) is 9.02. The van der Waals surface area contributed by atoms with Gasteiger partial charge in [0.2, 0.25) is 0 Å². The zero-order valence-electron chi connectivity index (χ0n) is 18.5. The third kappa shape index (κ3) is 5.77. The Balaban J connectivity index is 1.18. The Labute approximate surface area is 215 Å². The number of hydrogen-bond acceptors (Lipinski definition) is 4. The van der Waals surface area contributed by atoms with E-state index in [9.17, 15) is 13.2 Å². The van der Waals surface area contributed by atoms with Crippen molar-refractivity contribution in [1.29, 1.82) is 0 Å². The molecule has 4 aromatic rings. The van der Waals surface area contributed by atoms with Gasteiger partial charge in [-0.05, 0) is 60.6 Å². The summed E-state index contributed by atoms with van der Waals surface area (Å²) < 4.78 is 42.4. The van der Waals surface area contributed by atoms with E-state index in [1.165, 1.54) is 40.8 Å². The Morgan fingerprint density at radius 2 is 1.75 bits per heavy atom. The van der Waals surface area contributed by atoms with Crippen molar-refractivity contribution in [1.82, 2.24) is 20.1 Å². The molecule has 0 spiro atoms. The van der Waals surface area contributed by atoms with Crippen LogP contribution in [0, 0.1) is 0 Å². The first-order valence-electron chi connectivity index (χ1n) is 11.0. The third-order valence-electron chi connectivity index (χ3n) is 5.65. The maximum atomic E-state index is 12.3. The molecule has 36 heavy (non-hydrogen) atoms. The molecule has 0 aliphatic heterocycles. The molecular weight excluding hydrogens is 511 g/mol. The molecule has 2 unspecified atom stereocenters. The van der Waals surface area contributed by atoms with Crippen LogP contribution in [0.5, 0.6) is 5.75 Å². The van der Waals surface area contributed by atoms with E-state index in [1.54, 1.807) is 6.07 Å². The molecular formula is C25H19ClF3N5OS. The molecule has 3 aromatic carbocycles. The quantitative estimate of drug-likeness (QED) is 0.285. The van der Waals surface area contributed by atoms with Crippen LogP contribution in [0.1, 0.15) is 17.9 Å².